The van der Waals surface area contributed by atoms with Crippen LogP contribution >= 0.6 is 11.3 Å². The van der Waals surface area contributed by atoms with Crippen molar-refractivity contribution < 1.29 is 0 Å². The topological polar surface area (TPSA) is 30.7 Å². The number of hydrogen-bond acceptors (Lipinski definition) is 3. The van der Waals surface area contributed by atoms with Crippen LogP contribution in [0.1, 0.15) is 43.2 Å². The first-order valence-corrected chi connectivity index (χ1v) is 20.8. The van der Waals surface area contributed by atoms with Gasteiger partial charge in [-0.3, -0.25) is 4.57 Å². The molecule has 264 valence electrons. The SMILES string of the molecule is c1ccc2c(c1)-c1c(c3c4c5ccccc5ccc4n(-c4nc(-c5ccc6ccccc6c5)c5sc6ccccc6c5n4)c3c3ccccc13)C21CCCCC1. The van der Waals surface area contributed by atoms with Crippen LogP contribution in [0.15, 0.2) is 152 Å². The van der Waals surface area contributed by atoms with Gasteiger partial charge in [-0.25, -0.2) is 9.97 Å². The lowest BCUT2D eigenvalue weighted by Gasteiger charge is -2.36. The van der Waals surface area contributed by atoms with Gasteiger partial charge in [0.1, 0.15) is 0 Å². The fourth-order valence-corrected chi connectivity index (χ4v) is 12.0. The lowest BCUT2D eigenvalue weighted by atomic mass is 9.66. The number of rotatable bonds is 2. The van der Waals surface area contributed by atoms with E-state index in [2.05, 4.69) is 156 Å². The fourth-order valence-electron chi connectivity index (χ4n) is 10.8. The fraction of sp³-hybridized carbons (Fsp3) is 0.115. The highest BCUT2D eigenvalue weighted by Gasteiger charge is 2.46. The van der Waals surface area contributed by atoms with Crippen molar-refractivity contribution >= 4 is 85.8 Å². The van der Waals surface area contributed by atoms with E-state index in [-0.39, 0.29) is 5.41 Å². The Kier molecular flexibility index (Phi) is 6.26. The second-order valence-electron chi connectivity index (χ2n) is 15.9. The summed E-state index contributed by atoms with van der Waals surface area (Å²) in [6, 6.07) is 56.2. The summed E-state index contributed by atoms with van der Waals surface area (Å²) < 4.78 is 4.79. The van der Waals surface area contributed by atoms with E-state index in [0.717, 1.165) is 45.8 Å². The number of aromatic nitrogens is 3. The van der Waals surface area contributed by atoms with E-state index in [1.807, 2.05) is 0 Å². The first-order valence-electron chi connectivity index (χ1n) is 20.0. The van der Waals surface area contributed by atoms with E-state index in [1.165, 1.54) is 100 Å². The average molecular weight is 734 g/mol. The van der Waals surface area contributed by atoms with Gasteiger partial charge in [0, 0.05) is 37.2 Å². The summed E-state index contributed by atoms with van der Waals surface area (Å²) in [6.07, 6.45) is 6.10. The second-order valence-corrected chi connectivity index (χ2v) is 17.0. The van der Waals surface area contributed by atoms with Gasteiger partial charge in [0.15, 0.2) is 0 Å². The van der Waals surface area contributed by atoms with E-state index in [4.69, 9.17) is 9.97 Å². The minimum absolute atomic E-state index is 0.0485. The molecule has 1 spiro atoms. The van der Waals surface area contributed by atoms with Gasteiger partial charge in [0.05, 0.1) is 26.9 Å². The third-order valence-corrected chi connectivity index (χ3v) is 14.3. The maximum absolute atomic E-state index is 5.70. The predicted octanol–water partition coefficient (Wildman–Crippen LogP) is 14.3. The largest absolute Gasteiger partial charge is 0.277 e. The molecule has 8 aromatic carbocycles. The number of nitrogens with zero attached hydrogens (tertiary/aromatic N) is 3. The normalized spacial score (nSPS) is 14.9. The molecule has 0 unspecified atom stereocenters. The summed E-state index contributed by atoms with van der Waals surface area (Å²) in [4.78, 5) is 11.3. The average Bonchev–Trinajstić information content (AvgIpc) is 3.90. The van der Waals surface area contributed by atoms with E-state index >= 15 is 0 Å². The minimum atomic E-state index is -0.0485. The molecule has 4 heteroatoms. The van der Waals surface area contributed by atoms with Crippen LogP contribution in [0.3, 0.4) is 0 Å². The van der Waals surface area contributed by atoms with Crippen LogP contribution < -0.4 is 0 Å². The molecule has 13 rings (SSSR count). The molecule has 2 aliphatic rings. The molecule has 56 heavy (non-hydrogen) atoms. The third-order valence-electron chi connectivity index (χ3n) is 13.1. The Hall–Kier alpha value is -6.36. The molecule has 0 aliphatic heterocycles. The van der Waals surface area contributed by atoms with E-state index in [1.54, 1.807) is 11.3 Å². The maximum Gasteiger partial charge on any atom is 0.235 e. The highest BCUT2D eigenvalue weighted by Crippen LogP contribution is 2.61. The monoisotopic (exact) mass is 733 g/mol. The number of benzene rings is 8. The van der Waals surface area contributed by atoms with Crippen LogP contribution in [0.5, 0.6) is 0 Å². The minimum Gasteiger partial charge on any atom is -0.277 e. The molecule has 0 atom stereocenters. The second kappa shape index (κ2) is 11.3. The summed E-state index contributed by atoms with van der Waals surface area (Å²) in [5.74, 6) is 0.720. The van der Waals surface area contributed by atoms with Crippen LogP contribution in [-0.2, 0) is 5.41 Å². The number of thiophene rings is 1. The van der Waals surface area contributed by atoms with Gasteiger partial charge in [0.2, 0.25) is 5.95 Å². The van der Waals surface area contributed by atoms with Crippen molar-refractivity contribution in [1.29, 1.82) is 0 Å². The van der Waals surface area contributed by atoms with Crippen LogP contribution in [0.4, 0.5) is 0 Å². The Balaban J connectivity index is 1.25. The molecular weight excluding hydrogens is 699 g/mol. The van der Waals surface area contributed by atoms with Crippen LogP contribution in [0.25, 0.3) is 103 Å². The van der Waals surface area contributed by atoms with Crippen molar-refractivity contribution in [2.45, 2.75) is 37.5 Å². The molecule has 1 saturated carbocycles. The lowest BCUT2D eigenvalue weighted by molar-refractivity contribution is 0.355. The molecule has 1 fully saturated rings. The molecule has 3 heterocycles. The van der Waals surface area contributed by atoms with Crippen LogP contribution in [-0.4, -0.2) is 14.5 Å². The van der Waals surface area contributed by atoms with Gasteiger partial charge in [0.25, 0.3) is 0 Å². The number of hydrogen-bond donors (Lipinski definition) is 0. The quantitative estimate of drug-likeness (QED) is 0.177. The van der Waals surface area contributed by atoms with Crippen molar-refractivity contribution in [3.05, 3.63) is 163 Å². The van der Waals surface area contributed by atoms with E-state index in [9.17, 15) is 0 Å². The standard InChI is InChI=1S/C52H35N3S/c1-12-28-52(29-13-1)40-22-10-8-20-38(40)43-36-18-6-7-19-37(36)49-45(46(43)52)44-35-17-5-4-15-32(35)26-27-41(44)55(49)51-53-47(34-25-24-31-14-2-3-16-33(31)30-34)50-48(54-51)39-21-9-11-23-42(39)56-50/h2-11,14-27,30H,1,12-13,28-29H2. The molecule has 3 nitrogen and oxygen atoms in total. The summed E-state index contributed by atoms with van der Waals surface area (Å²) in [7, 11) is 0. The zero-order valence-electron chi connectivity index (χ0n) is 30.7. The Morgan fingerprint density at radius 2 is 1.25 bits per heavy atom. The first kappa shape index (κ1) is 30.9. The third kappa shape index (κ3) is 4.02. The molecular formula is C52H35N3S. The van der Waals surface area contributed by atoms with Gasteiger partial charge in [-0.05, 0) is 80.2 Å². The zero-order valence-corrected chi connectivity index (χ0v) is 31.5. The van der Waals surface area contributed by atoms with Crippen molar-refractivity contribution in [1.82, 2.24) is 14.5 Å². The van der Waals surface area contributed by atoms with Gasteiger partial charge < -0.3 is 0 Å². The van der Waals surface area contributed by atoms with Gasteiger partial charge in [-0.15, -0.1) is 11.3 Å². The van der Waals surface area contributed by atoms with Crippen molar-refractivity contribution in [2.75, 3.05) is 0 Å². The Bertz CT molecular complexity index is 3470. The van der Waals surface area contributed by atoms with Gasteiger partial charge in [-0.2, -0.15) is 0 Å². The first-order chi connectivity index (χ1) is 27.8. The van der Waals surface area contributed by atoms with Crippen molar-refractivity contribution in [3.63, 3.8) is 0 Å². The van der Waals surface area contributed by atoms with Gasteiger partial charge in [-0.1, -0.05) is 153 Å². The zero-order chi connectivity index (χ0) is 36.5. The van der Waals surface area contributed by atoms with Crippen molar-refractivity contribution in [2.24, 2.45) is 0 Å². The summed E-state index contributed by atoms with van der Waals surface area (Å²) in [5.41, 5.74) is 11.3. The Morgan fingerprint density at radius 1 is 0.554 bits per heavy atom. The summed E-state index contributed by atoms with van der Waals surface area (Å²) in [5, 5.41) is 11.4. The summed E-state index contributed by atoms with van der Waals surface area (Å²) in [6.45, 7) is 0. The van der Waals surface area contributed by atoms with Crippen LogP contribution in [0.2, 0.25) is 0 Å². The summed E-state index contributed by atoms with van der Waals surface area (Å²) >= 11 is 1.80. The molecule has 3 aromatic heterocycles. The molecule has 0 amide bonds. The molecule has 2 aliphatic carbocycles. The lowest BCUT2D eigenvalue weighted by Crippen LogP contribution is -2.28. The Labute approximate surface area is 327 Å². The molecule has 11 aromatic rings. The highest BCUT2D eigenvalue weighted by molar-refractivity contribution is 7.26. The van der Waals surface area contributed by atoms with E-state index in [0.29, 0.717) is 0 Å². The van der Waals surface area contributed by atoms with Gasteiger partial charge >= 0.3 is 0 Å². The predicted molar refractivity (Wildman–Crippen MR) is 237 cm³/mol. The highest BCUT2D eigenvalue weighted by atomic mass is 32.1. The molecule has 0 saturated heterocycles. The molecule has 0 bridgehead atoms. The van der Waals surface area contributed by atoms with Crippen molar-refractivity contribution in [3.8, 4) is 28.3 Å². The van der Waals surface area contributed by atoms with E-state index < -0.39 is 0 Å². The maximum atomic E-state index is 5.70. The van der Waals surface area contributed by atoms with Crippen LogP contribution in [0, 0.1) is 0 Å². The molecule has 0 N–H and O–H groups in total. The molecule has 0 radical (unpaired) electrons. The smallest absolute Gasteiger partial charge is 0.235 e. The number of fused-ring (bicyclic) bond motifs is 18. The Morgan fingerprint density at radius 3 is 2.12 bits per heavy atom.